The molecule has 0 aliphatic rings. The number of carbonyl (C=O) groups is 2. The number of amides is 1. The second-order valence-corrected chi connectivity index (χ2v) is 7.79. The van der Waals surface area contributed by atoms with Gasteiger partial charge >= 0.3 is 5.97 Å². The normalized spacial score (nSPS) is 11.0. The predicted octanol–water partition coefficient (Wildman–Crippen LogP) is 4.19. The molecule has 0 bridgehead atoms. The molecule has 0 aliphatic carbocycles. The molecule has 0 saturated heterocycles. The summed E-state index contributed by atoms with van der Waals surface area (Å²) in [7, 11) is 0. The van der Waals surface area contributed by atoms with Crippen molar-refractivity contribution in [1.82, 2.24) is 4.98 Å². The van der Waals surface area contributed by atoms with E-state index in [0.29, 0.717) is 5.56 Å². The zero-order valence-electron chi connectivity index (χ0n) is 13.5. The van der Waals surface area contributed by atoms with Crippen LogP contribution in [0, 0.1) is 31.3 Å². The molecule has 0 radical (unpaired) electrons. The predicted molar refractivity (Wildman–Crippen MR) is 92.2 cm³/mol. The highest BCUT2D eigenvalue weighted by Crippen LogP contribution is 2.30. The lowest BCUT2D eigenvalue weighted by atomic mass is 10.2. The standard InChI is InChI=1S/C16H11F3N2O3S2/c1-6-3-8(7(2)25-6)15(23)24-5-11(22)20-16-21-14-10(26-16)4-9(17)12(18)13(14)19/h3-4H,5H2,1-2H3,(H,20,21,22). The molecule has 0 unspecified atom stereocenters. The number of ether oxygens (including phenoxy) is 1. The summed E-state index contributed by atoms with van der Waals surface area (Å²) in [6.45, 7) is 3.04. The average Bonchev–Trinajstić information content (AvgIpc) is 3.13. The Labute approximate surface area is 153 Å². The Hall–Kier alpha value is -2.46. The van der Waals surface area contributed by atoms with E-state index in [0.717, 1.165) is 27.2 Å². The Bertz CT molecular complexity index is 1030. The first-order valence-corrected chi connectivity index (χ1v) is 8.87. The summed E-state index contributed by atoms with van der Waals surface area (Å²) < 4.78 is 45.0. The van der Waals surface area contributed by atoms with Gasteiger partial charge in [-0.3, -0.25) is 10.1 Å². The maximum Gasteiger partial charge on any atom is 0.339 e. The third kappa shape index (κ3) is 3.56. The van der Waals surface area contributed by atoms with E-state index >= 15 is 0 Å². The van der Waals surface area contributed by atoms with Crippen LogP contribution in [0.4, 0.5) is 18.3 Å². The highest BCUT2D eigenvalue weighted by Gasteiger charge is 2.19. The van der Waals surface area contributed by atoms with Gasteiger partial charge in [-0.2, -0.15) is 0 Å². The number of thiazole rings is 1. The fourth-order valence-corrected chi connectivity index (χ4v) is 4.04. The van der Waals surface area contributed by atoms with E-state index in [-0.39, 0.29) is 15.3 Å². The van der Waals surface area contributed by atoms with E-state index in [1.54, 1.807) is 13.0 Å². The van der Waals surface area contributed by atoms with Crippen LogP contribution in [0.1, 0.15) is 20.1 Å². The van der Waals surface area contributed by atoms with Crippen LogP contribution < -0.4 is 5.32 Å². The highest BCUT2D eigenvalue weighted by molar-refractivity contribution is 7.22. The number of nitrogens with zero attached hydrogens (tertiary/aromatic N) is 1. The molecule has 3 rings (SSSR count). The van der Waals surface area contributed by atoms with Gasteiger partial charge in [0.25, 0.3) is 5.91 Å². The lowest BCUT2D eigenvalue weighted by molar-refractivity contribution is -0.119. The van der Waals surface area contributed by atoms with Gasteiger partial charge in [0.05, 0.1) is 10.3 Å². The Morgan fingerprint density at radius 2 is 1.88 bits per heavy atom. The highest BCUT2D eigenvalue weighted by atomic mass is 32.1. The van der Waals surface area contributed by atoms with Crippen LogP contribution in [0.15, 0.2) is 12.1 Å². The van der Waals surface area contributed by atoms with E-state index in [2.05, 4.69) is 10.3 Å². The monoisotopic (exact) mass is 400 g/mol. The van der Waals surface area contributed by atoms with Crippen molar-refractivity contribution in [1.29, 1.82) is 0 Å². The van der Waals surface area contributed by atoms with Crippen molar-refractivity contribution in [2.75, 3.05) is 11.9 Å². The van der Waals surface area contributed by atoms with Gasteiger partial charge in [-0.05, 0) is 26.0 Å². The minimum Gasteiger partial charge on any atom is -0.452 e. The number of hydrogen-bond acceptors (Lipinski definition) is 6. The molecule has 136 valence electrons. The molecule has 5 nitrogen and oxygen atoms in total. The van der Waals surface area contributed by atoms with Crippen molar-refractivity contribution in [2.45, 2.75) is 13.8 Å². The zero-order valence-corrected chi connectivity index (χ0v) is 15.1. The van der Waals surface area contributed by atoms with Crippen molar-refractivity contribution in [3.05, 3.63) is 44.9 Å². The fraction of sp³-hybridized carbons (Fsp3) is 0.188. The molecule has 1 N–H and O–H groups in total. The number of halogens is 3. The fourth-order valence-electron chi connectivity index (χ4n) is 2.23. The summed E-state index contributed by atoms with van der Waals surface area (Å²) in [6.07, 6.45) is 0. The molecule has 2 heterocycles. The number of anilines is 1. The molecule has 0 fully saturated rings. The maximum atomic E-state index is 13.6. The molecule has 10 heteroatoms. The Morgan fingerprint density at radius 3 is 2.54 bits per heavy atom. The second-order valence-electron chi connectivity index (χ2n) is 5.30. The first-order valence-electron chi connectivity index (χ1n) is 7.24. The van der Waals surface area contributed by atoms with E-state index in [1.807, 2.05) is 6.92 Å². The molecule has 1 aromatic carbocycles. The van der Waals surface area contributed by atoms with Crippen molar-refractivity contribution >= 4 is 49.9 Å². The van der Waals surface area contributed by atoms with Gasteiger partial charge in [-0.25, -0.2) is 22.9 Å². The average molecular weight is 400 g/mol. The third-order valence-corrected chi connectivity index (χ3v) is 5.25. The molecule has 0 aliphatic heterocycles. The number of hydrogen-bond donors (Lipinski definition) is 1. The van der Waals surface area contributed by atoms with Crippen LogP contribution in [0.25, 0.3) is 10.2 Å². The van der Waals surface area contributed by atoms with Gasteiger partial charge in [0, 0.05) is 9.75 Å². The number of thiophene rings is 1. The summed E-state index contributed by atoms with van der Waals surface area (Å²) in [4.78, 5) is 29.3. The van der Waals surface area contributed by atoms with Crippen LogP contribution in [-0.2, 0) is 9.53 Å². The van der Waals surface area contributed by atoms with Crippen LogP contribution >= 0.6 is 22.7 Å². The van der Waals surface area contributed by atoms with E-state index in [4.69, 9.17) is 4.74 Å². The summed E-state index contributed by atoms with van der Waals surface area (Å²) >= 11 is 2.20. The van der Waals surface area contributed by atoms with E-state index < -0.39 is 35.9 Å². The SMILES string of the molecule is Cc1cc(C(=O)OCC(=O)Nc2nc3c(F)c(F)c(F)cc3s2)c(C)s1. The van der Waals surface area contributed by atoms with Gasteiger partial charge in [0.2, 0.25) is 0 Å². The first-order chi connectivity index (χ1) is 12.3. The number of carbonyl (C=O) groups excluding carboxylic acids is 2. The first kappa shape index (κ1) is 18.3. The number of fused-ring (bicyclic) bond motifs is 1. The number of esters is 1. The Balaban J connectivity index is 1.67. The van der Waals surface area contributed by atoms with Crippen LogP contribution in [0.5, 0.6) is 0 Å². The molecule has 26 heavy (non-hydrogen) atoms. The van der Waals surface area contributed by atoms with E-state index in [1.165, 1.54) is 11.3 Å². The summed E-state index contributed by atoms with van der Waals surface area (Å²) in [6, 6.07) is 2.46. The molecular formula is C16H11F3N2O3S2. The number of benzene rings is 1. The number of aromatic nitrogens is 1. The third-order valence-electron chi connectivity index (χ3n) is 3.36. The van der Waals surface area contributed by atoms with Gasteiger partial charge < -0.3 is 4.74 Å². The van der Waals surface area contributed by atoms with Crippen LogP contribution in [0.3, 0.4) is 0 Å². The van der Waals surface area contributed by atoms with Crippen molar-refractivity contribution in [2.24, 2.45) is 0 Å². The van der Waals surface area contributed by atoms with Crippen LogP contribution in [0.2, 0.25) is 0 Å². The molecule has 0 atom stereocenters. The Morgan fingerprint density at radius 1 is 1.15 bits per heavy atom. The quantitative estimate of drug-likeness (QED) is 0.527. The van der Waals surface area contributed by atoms with Gasteiger partial charge in [-0.1, -0.05) is 11.3 Å². The van der Waals surface area contributed by atoms with Crippen molar-refractivity contribution in [3.63, 3.8) is 0 Å². The summed E-state index contributed by atoms with van der Waals surface area (Å²) in [5, 5.41) is 2.24. The maximum absolute atomic E-state index is 13.6. The molecule has 1 amide bonds. The van der Waals surface area contributed by atoms with Crippen LogP contribution in [-0.4, -0.2) is 23.5 Å². The minimum absolute atomic E-state index is 0.0399. The minimum atomic E-state index is -1.63. The molecule has 3 aromatic rings. The number of aryl methyl sites for hydroxylation is 2. The molecule has 0 saturated carbocycles. The topological polar surface area (TPSA) is 68.3 Å². The number of nitrogens with one attached hydrogen (secondary N) is 1. The van der Waals surface area contributed by atoms with Gasteiger partial charge in [-0.15, -0.1) is 11.3 Å². The summed E-state index contributed by atoms with van der Waals surface area (Å²) in [5.74, 6) is -5.74. The lowest BCUT2D eigenvalue weighted by Gasteiger charge is -2.04. The second kappa shape index (κ2) is 7.04. The zero-order chi connectivity index (χ0) is 19.0. The lowest BCUT2D eigenvalue weighted by Crippen LogP contribution is -2.20. The van der Waals surface area contributed by atoms with Gasteiger partial charge in [0.15, 0.2) is 29.2 Å². The molecule has 0 spiro atoms. The smallest absolute Gasteiger partial charge is 0.339 e. The van der Waals surface area contributed by atoms with Gasteiger partial charge in [0.1, 0.15) is 5.52 Å². The number of rotatable bonds is 4. The molecular weight excluding hydrogens is 389 g/mol. The van der Waals surface area contributed by atoms with E-state index in [9.17, 15) is 22.8 Å². The van der Waals surface area contributed by atoms with Crippen molar-refractivity contribution < 1.29 is 27.5 Å². The summed E-state index contributed by atoms with van der Waals surface area (Å²) in [5.41, 5.74) is -0.00104. The molecule has 2 aromatic heterocycles. The largest absolute Gasteiger partial charge is 0.452 e. The van der Waals surface area contributed by atoms with Crippen molar-refractivity contribution in [3.8, 4) is 0 Å². The Kier molecular flexibility index (Phi) is 4.97.